The molecule has 3 amide bonds. The fourth-order valence-electron chi connectivity index (χ4n) is 3.85. The van der Waals surface area contributed by atoms with Crippen molar-refractivity contribution in [1.82, 2.24) is 19.8 Å². The summed E-state index contributed by atoms with van der Waals surface area (Å²) in [5.41, 5.74) is 1.93. The molecule has 2 aliphatic rings. The van der Waals surface area contributed by atoms with Crippen molar-refractivity contribution in [2.45, 2.75) is 36.4 Å². The van der Waals surface area contributed by atoms with Gasteiger partial charge in [-0.3, -0.25) is 14.4 Å². The lowest BCUT2D eigenvalue weighted by Gasteiger charge is -2.24. The van der Waals surface area contributed by atoms with Crippen LogP contribution in [0.25, 0.3) is 0 Å². The van der Waals surface area contributed by atoms with Gasteiger partial charge in [-0.2, -0.15) is 0 Å². The van der Waals surface area contributed by atoms with Gasteiger partial charge in [-0.25, -0.2) is 12.7 Å². The fourth-order valence-corrected chi connectivity index (χ4v) is 4.75. The molecule has 174 valence electrons. The van der Waals surface area contributed by atoms with Crippen molar-refractivity contribution >= 4 is 27.7 Å². The molecule has 1 saturated carbocycles. The molecule has 33 heavy (non-hydrogen) atoms. The summed E-state index contributed by atoms with van der Waals surface area (Å²) in [4.78, 5) is 39.7. The van der Waals surface area contributed by atoms with Crippen molar-refractivity contribution in [2.24, 2.45) is 0 Å². The van der Waals surface area contributed by atoms with Gasteiger partial charge in [0.1, 0.15) is 6.04 Å². The van der Waals surface area contributed by atoms with Gasteiger partial charge < -0.3 is 15.5 Å². The molecule has 0 bridgehead atoms. The number of amides is 3. The summed E-state index contributed by atoms with van der Waals surface area (Å²) in [5.74, 6) is -0.907. The minimum Gasteiger partial charge on any atom is -0.350 e. The van der Waals surface area contributed by atoms with E-state index in [9.17, 15) is 22.8 Å². The van der Waals surface area contributed by atoms with Crippen LogP contribution in [0, 0.1) is 0 Å². The van der Waals surface area contributed by atoms with Crippen molar-refractivity contribution in [2.75, 3.05) is 20.6 Å². The number of hydrogen-bond acceptors (Lipinski definition) is 5. The van der Waals surface area contributed by atoms with Gasteiger partial charge in [-0.05, 0) is 42.2 Å². The van der Waals surface area contributed by atoms with Crippen LogP contribution in [0.3, 0.4) is 0 Å². The Kier molecular flexibility index (Phi) is 6.22. The van der Waals surface area contributed by atoms with Crippen LogP contribution < -0.4 is 10.6 Å². The maximum Gasteiger partial charge on any atom is 0.255 e. The molecule has 0 aromatic heterocycles. The molecule has 2 aromatic rings. The molecule has 10 heteroatoms. The third kappa shape index (κ3) is 4.62. The summed E-state index contributed by atoms with van der Waals surface area (Å²) >= 11 is 0. The highest BCUT2D eigenvalue weighted by Gasteiger charge is 2.47. The number of nitrogens with zero attached hydrogens (tertiary/aromatic N) is 2. The van der Waals surface area contributed by atoms with Crippen LogP contribution in [0.2, 0.25) is 0 Å². The molecule has 1 unspecified atom stereocenters. The van der Waals surface area contributed by atoms with E-state index in [4.69, 9.17) is 0 Å². The molecule has 1 atom stereocenters. The van der Waals surface area contributed by atoms with Gasteiger partial charge in [0.15, 0.2) is 0 Å². The second-order valence-corrected chi connectivity index (χ2v) is 10.5. The molecule has 1 heterocycles. The number of carbonyl (C=O) groups is 3. The minimum absolute atomic E-state index is 0.0637. The predicted octanol–water partition coefficient (Wildman–Crippen LogP) is 1.03. The molecule has 0 saturated heterocycles. The van der Waals surface area contributed by atoms with Crippen LogP contribution in [0.1, 0.15) is 40.4 Å². The number of rotatable bonds is 8. The van der Waals surface area contributed by atoms with Gasteiger partial charge in [0.25, 0.3) is 5.91 Å². The van der Waals surface area contributed by atoms with Gasteiger partial charge in [0, 0.05) is 32.2 Å². The zero-order valence-electron chi connectivity index (χ0n) is 18.4. The Morgan fingerprint density at radius 2 is 1.70 bits per heavy atom. The van der Waals surface area contributed by atoms with E-state index in [2.05, 4.69) is 10.6 Å². The molecular weight excluding hydrogens is 444 g/mol. The molecule has 9 nitrogen and oxygen atoms in total. The first-order valence-electron chi connectivity index (χ1n) is 10.7. The van der Waals surface area contributed by atoms with E-state index >= 15 is 0 Å². The lowest BCUT2D eigenvalue weighted by Crippen LogP contribution is -2.43. The number of sulfonamides is 1. The normalized spacial score (nSPS) is 17.7. The number of carbonyl (C=O) groups excluding carboxylic acids is 3. The van der Waals surface area contributed by atoms with E-state index in [-0.39, 0.29) is 41.7 Å². The first-order valence-corrected chi connectivity index (χ1v) is 12.1. The molecule has 4 rings (SSSR count). The zero-order valence-corrected chi connectivity index (χ0v) is 19.3. The van der Waals surface area contributed by atoms with Crippen LogP contribution in [-0.2, 0) is 26.2 Å². The molecule has 2 aromatic carbocycles. The number of fused-ring (bicyclic) bond motifs is 1. The van der Waals surface area contributed by atoms with E-state index in [1.807, 2.05) is 0 Å². The fraction of sp³-hybridized carbons (Fsp3) is 0.348. The first-order chi connectivity index (χ1) is 15.7. The topological polar surface area (TPSA) is 116 Å². The van der Waals surface area contributed by atoms with Crippen LogP contribution in [0.5, 0.6) is 0 Å². The van der Waals surface area contributed by atoms with E-state index in [0.29, 0.717) is 11.1 Å². The Morgan fingerprint density at radius 3 is 2.33 bits per heavy atom. The van der Waals surface area contributed by atoms with E-state index < -0.39 is 16.1 Å². The predicted molar refractivity (Wildman–Crippen MR) is 121 cm³/mol. The van der Waals surface area contributed by atoms with E-state index in [1.54, 1.807) is 41.3 Å². The number of hydrogen-bond donors (Lipinski definition) is 2. The van der Waals surface area contributed by atoms with Crippen molar-refractivity contribution in [3.63, 3.8) is 0 Å². The van der Waals surface area contributed by atoms with E-state index in [1.165, 1.54) is 26.2 Å². The quantitative estimate of drug-likeness (QED) is 0.598. The third-order valence-corrected chi connectivity index (χ3v) is 7.63. The minimum atomic E-state index is -3.51. The maximum atomic E-state index is 12.9. The lowest BCUT2D eigenvalue weighted by atomic mass is 10.0. The van der Waals surface area contributed by atoms with Crippen molar-refractivity contribution in [1.29, 1.82) is 0 Å². The second kappa shape index (κ2) is 8.95. The lowest BCUT2D eigenvalue weighted by molar-refractivity contribution is -0.129. The number of benzene rings is 2. The Morgan fingerprint density at radius 1 is 1.03 bits per heavy atom. The van der Waals surface area contributed by atoms with Crippen LogP contribution in [0.4, 0.5) is 0 Å². The Labute approximate surface area is 192 Å². The molecule has 2 N–H and O–H groups in total. The highest BCUT2D eigenvalue weighted by molar-refractivity contribution is 7.89. The van der Waals surface area contributed by atoms with Crippen LogP contribution in [0.15, 0.2) is 53.4 Å². The smallest absolute Gasteiger partial charge is 0.255 e. The van der Waals surface area contributed by atoms with Crippen molar-refractivity contribution in [3.05, 3.63) is 65.2 Å². The van der Waals surface area contributed by atoms with Gasteiger partial charge in [0.05, 0.1) is 11.4 Å². The highest BCUT2D eigenvalue weighted by Crippen LogP contribution is 2.41. The van der Waals surface area contributed by atoms with Gasteiger partial charge in [-0.1, -0.05) is 30.3 Å². The summed E-state index contributed by atoms with van der Waals surface area (Å²) in [6, 6.07) is 12.6. The largest absolute Gasteiger partial charge is 0.350 e. The maximum absolute atomic E-state index is 12.9. The van der Waals surface area contributed by atoms with Crippen molar-refractivity contribution in [3.8, 4) is 0 Å². The molecule has 1 aliphatic heterocycles. The monoisotopic (exact) mass is 470 g/mol. The van der Waals surface area contributed by atoms with Gasteiger partial charge in [-0.15, -0.1) is 0 Å². The molecular formula is C23H26N4O5S. The summed E-state index contributed by atoms with van der Waals surface area (Å²) in [5, 5.41) is 5.35. The Balaban J connectivity index is 1.33. The molecule has 1 fully saturated rings. The summed E-state index contributed by atoms with van der Waals surface area (Å²) in [6.45, 7) is -0.0345. The summed E-state index contributed by atoms with van der Waals surface area (Å²) < 4.78 is 25.4. The zero-order chi connectivity index (χ0) is 23.8. The average molecular weight is 471 g/mol. The summed E-state index contributed by atoms with van der Waals surface area (Å²) in [6.07, 6.45) is 1.75. The van der Waals surface area contributed by atoms with Crippen molar-refractivity contribution < 1.29 is 22.8 Å². The van der Waals surface area contributed by atoms with Gasteiger partial charge in [0.2, 0.25) is 21.8 Å². The Bertz CT molecular complexity index is 1190. The van der Waals surface area contributed by atoms with Crippen LogP contribution in [-0.4, -0.2) is 62.0 Å². The van der Waals surface area contributed by atoms with E-state index in [0.717, 1.165) is 22.7 Å². The second-order valence-electron chi connectivity index (χ2n) is 8.36. The molecule has 0 spiro atoms. The van der Waals surface area contributed by atoms with Crippen LogP contribution >= 0.6 is 0 Å². The average Bonchev–Trinajstić information content (AvgIpc) is 3.60. The first kappa shape index (κ1) is 22.9. The standard InChI is InChI=1S/C23H26N4O5S/c1-26(2)33(31,32)17-11-7-15(8-12-17)13-24-20(28)14-25-22(29)21-18-5-3-4-6-19(18)23(30)27(21)16-9-10-16/h3-8,11-12,16,21H,9-10,13-14H2,1-2H3,(H,24,28)(H,25,29). The summed E-state index contributed by atoms with van der Waals surface area (Å²) in [7, 11) is -0.592. The Hall–Kier alpha value is -3.24. The highest BCUT2D eigenvalue weighted by atomic mass is 32.2. The number of nitrogens with one attached hydrogen (secondary N) is 2. The molecule has 0 radical (unpaired) electrons. The molecule has 1 aliphatic carbocycles. The SMILES string of the molecule is CN(C)S(=O)(=O)c1ccc(CNC(=O)CNC(=O)C2c3ccccc3C(=O)N2C2CC2)cc1. The third-order valence-electron chi connectivity index (χ3n) is 5.80. The van der Waals surface area contributed by atoms with Gasteiger partial charge >= 0.3 is 0 Å².